The van der Waals surface area contributed by atoms with E-state index in [0.29, 0.717) is 35.5 Å². The Bertz CT molecular complexity index is 774. The Hall–Kier alpha value is -2.96. The molecule has 0 saturated heterocycles. The lowest BCUT2D eigenvalue weighted by molar-refractivity contribution is -0.114. The minimum Gasteiger partial charge on any atom is -0.350 e. The topological polar surface area (TPSA) is 96.0 Å². The second kappa shape index (κ2) is 8.23. The molecule has 2 amide bonds. The molecule has 0 fully saturated rings. The maximum atomic E-state index is 12.2. The van der Waals surface area contributed by atoms with Crippen LogP contribution in [0.5, 0.6) is 0 Å². The molecule has 7 heteroatoms. The molecule has 1 aromatic heterocycles. The quantitative estimate of drug-likeness (QED) is 0.751. The van der Waals surface area contributed by atoms with Crippen molar-refractivity contribution in [2.45, 2.75) is 27.7 Å². The number of rotatable bonds is 6. The molecule has 0 aliphatic heterocycles. The Morgan fingerprint density at radius 2 is 1.84 bits per heavy atom. The van der Waals surface area contributed by atoms with Gasteiger partial charge in [-0.2, -0.15) is 0 Å². The predicted octanol–water partition coefficient (Wildman–Crippen LogP) is 2.87. The van der Waals surface area contributed by atoms with Crippen LogP contribution in [0.15, 0.2) is 30.3 Å². The van der Waals surface area contributed by atoms with Crippen molar-refractivity contribution in [3.8, 4) is 0 Å². The monoisotopic (exact) mass is 341 g/mol. The van der Waals surface area contributed by atoms with Gasteiger partial charge in [-0.15, -0.1) is 0 Å². The van der Waals surface area contributed by atoms with Crippen LogP contribution >= 0.6 is 0 Å². The molecule has 0 aliphatic rings. The van der Waals surface area contributed by atoms with Crippen molar-refractivity contribution in [1.29, 1.82) is 0 Å². The Balaban J connectivity index is 2.17. The maximum absolute atomic E-state index is 12.2. The zero-order valence-electron chi connectivity index (χ0n) is 14.9. The second-order valence-electron chi connectivity index (χ2n) is 6.18. The normalized spacial score (nSPS) is 10.4. The van der Waals surface area contributed by atoms with E-state index in [0.717, 1.165) is 5.69 Å². The number of nitrogens with zero attached hydrogens (tertiary/aromatic N) is 2. The first-order valence-corrected chi connectivity index (χ1v) is 8.12. The number of anilines is 3. The van der Waals surface area contributed by atoms with Gasteiger partial charge in [-0.05, 0) is 31.0 Å². The van der Waals surface area contributed by atoms with Gasteiger partial charge in [-0.1, -0.05) is 19.9 Å². The minimum atomic E-state index is -0.228. The molecule has 0 unspecified atom stereocenters. The van der Waals surface area contributed by atoms with Gasteiger partial charge in [0, 0.05) is 30.9 Å². The van der Waals surface area contributed by atoms with Gasteiger partial charge in [0.1, 0.15) is 17.3 Å². The Labute approximate surface area is 147 Å². The molecule has 0 bridgehead atoms. The van der Waals surface area contributed by atoms with Gasteiger partial charge in [-0.25, -0.2) is 9.97 Å². The van der Waals surface area contributed by atoms with Crippen molar-refractivity contribution in [3.63, 3.8) is 0 Å². The first kappa shape index (κ1) is 18.4. The van der Waals surface area contributed by atoms with Gasteiger partial charge in [0.2, 0.25) is 5.91 Å². The zero-order valence-corrected chi connectivity index (χ0v) is 14.9. The standard InChI is InChI=1S/C18H23N5O2/c1-11(2)10-19-18(25)16-9-17(21-12(3)20-16)23-15-7-5-6-14(8-15)22-13(4)24/h5-9,11H,10H2,1-4H3,(H,19,25)(H,22,24)(H,20,21,23). The number of hydrogen-bond donors (Lipinski definition) is 3. The summed E-state index contributed by atoms with van der Waals surface area (Å²) in [7, 11) is 0. The van der Waals surface area contributed by atoms with E-state index in [1.165, 1.54) is 6.92 Å². The fourth-order valence-electron chi connectivity index (χ4n) is 2.16. The zero-order chi connectivity index (χ0) is 18.4. The number of amides is 2. The molecule has 1 aromatic carbocycles. The Morgan fingerprint density at radius 1 is 1.12 bits per heavy atom. The van der Waals surface area contributed by atoms with Crippen LogP contribution < -0.4 is 16.0 Å². The number of hydrogen-bond acceptors (Lipinski definition) is 5. The lowest BCUT2D eigenvalue weighted by atomic mass is 10.2. The molecule has 2 aromatic rings. The number of aryl methyl sites for hydroxylation is 1. The third-order valence-electron chi connectivity index (χ3n) is 3.20. The van der Waals surface area contributed by atoms with E-state index in [4.69, 9.17) is 0 Å². The number of carbonyl (C=O) groups is 2. The summed E-state index contributed by atoms with van der Waals surface area (Å²) in [6.45, 7) is 7.83. The van der Waals surface area contributed by atoms with E-state index >= 15 is 0 Å². The SMILES string of the molecule is CC(=O)Nc1cccc(Nc2cc(C(=O)NCC(C)C)nc(C)n2)c1. The van der Waals surface area contributed by atoms with E-state index in [1.54, 1.807) is 25.1 Å². The molecular formula is C18H23N5O2. The van der Waals surface area contributed by atoms with E-state index in [9.17, 15) is 9.59 Å². The fraction of sp³-hybridized carbons (Fsp3) is 0.333. The molecule has 0 atom stereocenters. The molecule has 2 rings (SSSR count). The molecule has 7 nitrogen and oxygen atoms in total. The van der Waals surface area contributed by atoms with E-state index in [-0.39, 0.29) is 11.8 Å². The van der Waals surface area contributed by atoms with E-state index in [2.05, 4.69) is 25.9 Å². The smallest absolute Gasteiger partial charge is 0.270 e. The summed E-state index contributed by atoms with van der Waals surface area (Å²) in [5.74, 6) is 1.01. The predicted molar refractivity (Wildman–Crippen MR) is 98.0 cm³/mol. The lowest BCUT2D eigenvalue weighted by Gasteiger charge is -2.11. The highest BCUT2D eigenvalue weighted by Crippen LogP contribution is 2.19. The lowest BCUT2D eigenvalue weighted by Crippen LogP contribution is -2.28. The average molecular weight is 341 g/mol. The van der Waals surface area contributed by atoms with Gasteiger partial charge in [0.15, 0.2) is 0 Å². The van der Waals surface area contributed by atoms with Crippen LogP contribution in [-0.4, -0.2) is 28.3 Å². The second-order valence-corrected chi connectivity index (χ2v) is 6.18. The summed E-state index contributed by atoms with van der Waals surface area (Å²) in [5.41, 5.74) is 1.74. The van der Waals surface area contributed by atoms with Crippen molar-refractivity contribution >= 4 is 29.0 Å². The molecule has 0 radical (unpaired) electrons. The highest BCUT2D eigenvalue weighted by Gasteiger charge is 2.11. The van der Waals surface area contributed by atoms with Crippen molar-refractivity contribution in [1.82, 2.24) is 15.3 Å². The van der Waals surface area contributed by atoms with Crippen LogP contribution in [0.25, 0.3) is 0 Å². The summed E-state index contributed by atoms with van der Waals surface area (Å²) < 4.78 is 0. The Kier molecular flexibility index (Phi) is 6.05. The summed E-state index contributed by atoms with van der Waals surface area (Å²) in [6, 6.07) is 8.85. The molecule has 0 spiro atoms. The van der Waals surface area contributed by atoms with Crippen molar-refractivity contribution in [2.75, 3.05) is 17.2 Å². The van der Waals surface area contributed by atoms with Crippen molar-refractivity contribution in [2.24, 2.45) is 5.92 Å². The number of carbonyl (C=O) groups excluding carboxylic acids is 2. The maximum Gasteiger partial charge on any atom is 0.270 e. The van der Waals surface area contributed by atoms with Gasteiger partial charge in [0.05, 0.1) is 0 Å². The number of aromatic nitrogens is 2. The van der Waals surface area contributed by atoms with Crippen LogP contribution in [0.2, 0.25) is 0 Å². The van der Waals surface area contributed by atoms with Crippen LogP contribution in [0.4, 0.5) is 17.2 Å². The van der Waals surface area contributed by atoms with Crippen molar-refractivity contribution in [3.05, 3.63) is 41.9 Å². The fourth-order valence-corrected chi connectivity index (χ4v) is 2.16. The molecule has 0 aliphatic carbocycles. The average Bonchev–Trinajstić information content (AvgIpc) is 2.51. The molecular weight excluding hydrogens is 318 g/mol. The third kappa shape index (κ3) is 5.87. The van der Waals surface area contributed by atoms with Crippen molar-refractivity contribution < 1.29 is 9.59 Å². The van der Waals surface area contributed by atoms with E-state index in [1.807, 2.05) is 26.0 Å². The molecule has 132 valence electrons. The third-order valence-corrected chi connectivity index (χ3v) is 3.20. The van der Waals surface area contributed by atoms with Gasteiger partial charge >= 0.3 is 0 Å². The molecule has 0 saturated carbocycles. The van der Waals surface area contributed by atoms with Gasteiger partial charge in [-0.3, -0.25) is 9.59 Å². The highest BCUT2D eigenvalue weighted by molar-refractivity contribution is 5.93. The molecule has 3 N–H and O–H groups in total. The number of benzene rings is 1. The first-order valence-electron chi connectivity index (χ1n) is 8.12. The Morgan fingerprint density at radius 3 is 2.52 bits per heavy atom. The van der Waals surface area contributed by atoms with Crippen LogP contribution in [0.3, 0.4) is 0 Å². The minimum absolute atomic E-state index is 0.140. The first-order chi connectivity index (χ1) is 11.8. The number of nitrogens with one attached hydrogen (secondary N) is 3. The molecule has 25 heavy (non-hydrogen) atoms. The van der Waals surface area contributed by atoms with Crippen LogP contribution in [0, 0.1) is 12.8 Å². The highest BCUT2D eigenvalue weighted by atomic mass is 16.2. The summed E-state index contributed by atoms with van der Waals surface area (Å²) in [4.78, 5) is 31.9. The molecule has 1 heterocycles. The van der Waals surface area contributed by atoms with E-state index < -0.39 is 0 Å². The van der Waals surface area contributed by atoms with Crippen LogP contribution in [0.1, 0.15) is 37.1 Å². The van der Waals surface area contributed by atoms with Crippen LogP contribution in [-0.2, 0) is 4.79 Å². The summed E-state index contributed by atoms with van der Waals surface area (Å²) in [5, 5.41) is 8.70. The van der Waals surface area contributed by atoms with Gasteiger partial charge < -0.3 is 16.0 Å². The largest absolute Gasteiger partial charge is 0.350 e. The summed E-state index contributed by atoms with van der Waals surface area (Å²) in [6.07, 6.45) is 0. The summed E-state index contributed by atoms with van der Waals surface area (Å²) >= 11 is 0. The van der Waals surface area contributed by atoms with Gasteiger partial charge in [0.25, 0.3) is 5.91 Å².